The van der Waals surface area contributed by atoms with E-state index >= 15 is 0 Å². The third kappa shape index (κ3) is 4.74. The van der Waals surface area contributed by atoms with Gasteiger partial charge < -0.3 is 5.32 Å². The number of anilines is 2. The standard InChI is InChI=1S/C29H22N4O6S2/c1-16-6-5-9-18(14-16)30-21(34)15-31-28-25(41-29(31)37)22(17-7-3-2-4-8-17)23-24(40-28)27(36)32(26(23)35)19-10-12-20(13-11-19)33(38)39/h2-14,22-24H,15H2,1H3,(H,30,34). The van der Waals surface area contributed by atoms with Crippen molar-refractivity contribution in [3.63, 3.8) is 0 Å². The van der Waals surface area contributed by atoms with Gasteiger partial charge in [-0.15, -0.1) is 0 Å². The first kappa shape index (κ1) is 26.7. The van der Waals surface area contributed by atoms with Gasteiger partial charge in [0.25, 0.3) is 5.69 Å². The van der Waals surface area contributed by atoms with Crippen LogP contribution in [-0.2, 0) is 20.9 Å². The van der Waals surface area contributed by atoms with Gasteiger partial charge in [-0.1, -0.05) is 65.6 Å². The minimum absolute atomic E-state index is 0.156. The average Bonchev–Trinajstić information content (AvgIpc) is 3.39. The number of hydrogen-bond donors (Lipinski definition) is 1. The number of nitrogens with one attached hydrogen (secondary N) is 1. The predicted octanol–water partition coefficient (Wildman–Crippen LogP) is 4.56. The number of benzene rings is 3. The van der Waals surface area contributed by atoms with Crippen LogP contribution in [0.1, 0.15) is 21.9 Å². The van der Waals surface area contributed by atoms with Crippen molar-refractivity contribution in [3.05, 3.63) is 115 Å². The molecule has 2 aliphatic rings. The first-order chi connectivity index (χ1) is 19.7. The third-order valence-electron chi connectivity index (χ3n) is 7.13. The van der Waals surface area contributed by atoms with E-state index in [4.69, 9.17) is 0 Å². The fourth-order valence-electron chi connectivity index (χ4n) is 5.32. The van der Waals surface area contributed by atoms with Crippen LogP contribution in [-0.4, -0.2) is 32.5 Å². The zero-order valence-electron chi connectivity index (χ0n) is 21.6. The van der Waals surface area contributed by atoms with Gasteiger partial charge in [0.1, 0.15) is 11.8 Å². The minimum Gasteiger partial charge on any atom is -0.325 e. The number of nitrogens with zero attached hydrogens (tertiary/aromatic N) is 3. The van der Waals surface area contributed by atoms with Crippen molar-refractivity contribution in [2.75, 3.05) is 10.2 Å². The van der Waals surface area contributed by atoms with Crippen molar-refractivity contribution in [1.29, 1.82) is 0 Å². The number of fused-ring (bicyclic) bond motifs is 2. The highest BCUT2D eigenvalue weighted by molar-refractivity contribution is 8.00. The van der Waals surface area contributed by atoms with Crippen LogP contribution in [0.5, 0.6) is 0 Å². The molecule has 3 unspecified atom stereocenters. The maximum Gasteiger partial charge on any atom is 0.308 e. The molecule has 3 amide bonds. The van der Waals surface area contributed by atoms with Crippen LogP contribution in [0.3, 0.4) is 0 Å². The van der Waals surface area contributed by atoms with E-state index < -0.39 is 39.7 Å². The second kappa shape index (κ2) is 10.5. The zero-order valence-corrected chi connectivity index (χ0v) is 23.2. The van der Waals surface area contributed by atoms with Crippen molar-refractivity contribution < 1.29 is 19.3 Å². The lowest BCUT2D eigenvalue weighted by Gasteiger charge is -2.30. The first-order valence-corrected chi connectivity index (χ1v) is 14.4. The van der Waals surface area contributed by atoms with E-state index in [9.17, 15) is 29.3 Å². The number of carbonyl (C=O) groups excluding carboxylic acids is 3. The number of amides is 3. The summed E-state index contributed by atoms with van der Waals surface area (Å²) >= 11 is 2.09. The van der Waals surface area contributed by atoms with Crippen molar-refractivity contribution in [1.82, 2.24) is 4.57 Å². The van der Waals surface area contributed by atoms with Gasteiger partial charge in [-0.3, -0.25) is 33.9 Å². The fourth-order valence-corrected chi connectivity index (χ4v) is 8.09. The molecule has 4 aromatic rings. The molecule has 12 heteroatoms. The molecule has 10 nitrogen and oxygen atoms in total. The second-order valence-electron chi connectivity index (χ2n) is 9.78. The molecule has 1 aromatic heterocycles. The lowest BCUT2D eigenvalue weighted by atomic mass is 9.83. The summed E-state index contributed by atoms with van der Waals surface area (Å²) in [5.74, 6) is -2.69. The highest BCUT2D eigenvalue weighted by Gasteiger charge is 2.56. The number of aromatic nitrogens is 1. The molecule has 3 heterocycles. The largest absolute Gasteiger partial charge is 0.325 e. The smallest absolute Gasteiger partial charge is 0.308 e. The van der Waals surface area contributed by atoms with Gasteiger partial charge in [-0.05, 0) is 42.3 Å². The summed E-state index contributed by atoms with van der Waals surface area (Å²) in [5.41, 5.74) is 2.44. The molecule has 0 spiro atoms. The van der Waals surface area contributed by atoms with E-state index in [-0.39, 0.29) is 22.8 Å². The van der Waals surface area contributed by atoms with Crippen LogP contribution in [0, 0.1) is 23.0 Å². The highest BCUT2D eigenvalue weighted by atomic mass is 32.2. The van der Waals surface area contributed by atoms with Gasteiger partial charge >= 0.3 is 4.87 Å². The molecule has 1 fully saturated rings. The molecule has 0 saturated carbocycles. The Morgan fingerprint density at radius 3 is 2.39 bits per heavy atom. The molecule has 1 saturated heterocycles. The lowest BCUT2D eigenvalue weighted by Crippen LogP contribution is -2.33. The van der Waals surface area contributed by atoms with E-state index in [1.807, 2.05) is 55.5 Å². The number of imide groups is 1. The summed E-state index contributed by atoms with van der Waals surface area (Å²) in [6.45, 7) is 1.66. The number of hydrogen-bond acceptors (Lipinski definition) is 8. The molecule has 6 rings (SSSR count). The van der Waals surface area contributed by atoms with Crippen molar-refractivity contribution >= 4 is 57.9 Å². The summed E-state index contributed by atoms with van der Waals surface area (Å²) in [6, 6.07) is 21.8. The molecule has 3 aromatic carbocycles. The summed E-state index contributed by atoms with van der Waals surface area (Å²) in [7, 11) is 0. The molecule has 2 aliphatic heterocycles. The maximum atomic E-state index is 13.9. The van der Waals surface area contributed by atoms with Gasteiger partial charge in [-0.2, -0.15) is 0 Å². The molecule has 206 valence electrons. The molecular weight excluding hydrogens is 564 g/mol. The number of carbonyl (C=O) groups is 3. The molecule has 41 heavy (non-hydrogen) atoms. The van der Waals surface area contributed by atoms with E-state index in [2.05, 4.69) is 5.32 Å². The number of thioether (sulfide) groups is 1. The van der Waals surface area contributed by atoms with Crippen LogP contribution >= 0.6 is 23.1 Å². The topological polar surface area (TPSA) is 132 Å². The predicted molar refractivity (Wildman–Crippen MR) is 155 cm³/mol. The normalized spacial score (nSPS) is 19.5. The number of thiazole rings is 1. The van der Waals surface area contributed by atoms with Gasteiger partial charge in [0.05, 0.1) is 21.6 Å². The van der Waals surface area contributed by atoms with Crippen LogP contribution in [0.2, 0.25) is 0 Å². The molecule has 0 bridgehead atoms. The minimum atomic E-state index is -0.851. The number of nitro benzene ring substituents is 1. The summed E-state index contributed by atoms with van der Waals surface area (Å²) < 4.78 is 1.37. The number of non-ortho nitro benzene ring substituents is 1. The zero-order chi connectivity index (χ0) is 28.8. The Morgan fingerprint density at radius 1 is 0.976 bits per heavy atom. The summed E-state index contributed by atoms with van der Waals surface area (Å²) in [4.78, 5) is 65.8. The Labute approximate surface area is 241 Å². The van der Waals surface area contributed by atoms with E-state index in [0.29, 0.717) is 15.6 Å². The van der Waals surface area contributed by atoms with Gasteiger partial charge in [0, 0.05) is 28.6 Å². The van der Waals surface area contributed by atoms with Crippen LogP contribution in [0.15, 0.2) is 88.7 Å². The quantitative estimate of drug-likeness (QED) is 0.199. The van der Waals surface area contributed by atoms with Crippen LogP contribution in [0.4, 0.5) is 17.1 Å². The van der Waals surface area contributed by atoms with Crippen LogP contribution < -0.4 is 15.1 Å². The maximum absolute atomic E-state index is 13.9. The Kier molecular flexibility index (Phi) is 6.80. The second-order valence-corrected chi connectivity index (χ2v) is 11.9. The van der Waals surface area contributed by atoms with Crippen LogP contribution in [0.25, 0.3) is 0 Å². The van der Waals surface area contributed by atoms with Crippen molar-refractivity contribution in [3.8, 4) is 0 Å². The number of nitro groups is 1. The summed E-state index contributed by atoms with van der Waals surface area (Å²) in [6.07, 6.45) is 0. The Hall–Kier alpha value is -4.55. The first-order valence-electron chi connectivity index (χ1n) is 12.7. The van der Waals surface area contributed by atoms with E-state index in [1.165, 1.54) is 28.8 Å². The molecular formula is C29H22N4O6S2. The third-order valence-corrected chi connectivity index (χ3v) is 9.73. The number of rotatable bonds is 6. The number of aryl methyl sites for hydroxylation is 1. The monoisotopic (exact) mass is 586 g/mol. The SMILES string of the molecule is Cc1cccc(NC(=O)Cn2c3c(sc2=O)C(c2ccccc2)C2C(=O)N(c4ccc([N+](=O)[O-])cc4)C(=O)C2S3)c1. The van der Waals surface area contributed by atoms with E-state index in [0.717, 1.165) is 39.1 Å². The highest BCUT2D eigenvalue weighted by Crippen LogP contribution is 2.53. The van der Waals surface area contributed by atoms with Gasteiger partial charge in [-0.25, -0.2) is 4.90 Å². The molecule has 0 aliphatic carbocycles. The fraction of sp³-hybridized carbons (Fsp3) is 0.172. The Balaban J connectivity index is 1.38. The molecule has 1 N–H and O–H groups in total. The van der Waals surface area contributed by atoms with E-state index in [1.54, 1.807) is 6.07 Å². The average molecular weight is 587 g/mol. The Morgan fingerprint density at radius 2 is 1.71 bits per heavy atom. The van der Waals surface area contributed by atoms with Gasteiger partial charge in [0.2, 0.25) is 17.7 Å². The van der Waals surface area contributed by atoms with Crippen molar-refractivity contribution in [2.45, 2.75) is 29.7 Å². The Bertz CT molecular complexity index is 1770. The van der Waals surface area contributed by atoms with Gasteiger partial charge in [0.15, 0.2) is 0 Å². The lowest BCUT2D eigenvalue weighted by molar-refractivity contribution is -0.384. The summed E-state index contributed by atoms with van der Waals surface area (Å²) in [5, 5.41) is 13.6. The molecule has 0 radical (unpaired) electrons. The van der Waals surface area contributed by atoms with Crippen molar-refractivity contribution in [2.24, 2.45) is 5.92 Å². The molecule has 3 atom stereocenters.